The Kier molecular flexibility index (Phi) is 5.41. The third-order valence-electron chi connectivity index (χ3n) is 4.95. The summed E-state index contributed by atoms with van der Waals surface area (Å²) in [5, 5.41) is 3.36. The van der Waals surface area contributed by atoms with Crippen molar-refractivity contribution in [2.75, 3.05) is 33.4 Å². The molecule has 1 aliphatic carbocycles. The molecule has 5 heteroatoms. The molecule has 3 unspecified atom stereocenters. The highest BCUT2D eigenvalue weighted by molar-refractivity contribution is 5.84. The van der Waals surface area contributed by atoms with Crippen LogP contribution >= 0.6 is 0 Å². The van der Waals surface area contributed by atoms with E-state index in [1.165, 1.54) is 12.8 Å². The maximum atomic E-state index is 11.9. The van der Waals surface area contributed by atoms with Crippen molar-refractivity contribution in [3.05, 3.63) is 0 Å². The van der Waals surface area contributed by atoms with Crippen LogP contribution in [0.25, 0.3) is 0 Å². The van der Waals surface area contributed by atoms with E-state index in [0.717, 1.165) is 45.5 Å². The third-order valence-corrected chi connectivity index (χ3v) is 4.95. The first-order chi connectivity index (χ1) is 9.61. The number of rotatable bonds is 6. The van der Waals surface area contributed by atoms with Gasteiger partial charge in [0.05, 0.1) is 12.1 Å². The minimum absolute atomic E-state index is 0.184. The average Bonchev–Trinajstić information content (AvgIpc) is 2.88. The fraction of sp³-hybridized carbons (Fsp3) is 0.933. The third kappa shape index (κ3) is 3.32. The molecule has 116 valence electrons. The molecule has 0 aromatic rings. The summed E-state index contributed by atoms with van der Waals surface area (Å²) in [6.07, 6.45) is 5.19. The van der Waals surface area contributed by atoms with Gasteiger partial charge in [0.1, 0.15) is 0 Å². The molecule has 0 bridgehead atoms. The van der Waals surface area contributed by atoms with E-state index < -0.39 is 5.54 Å². The van der Waals surface area contributed by atoms with Gasteiger partial charge in [0, 0.05) is 19.7 Å². The second-order valence-corrected chi connectivity index (χ2v) is 6.33. The lowest BCUT2D eigenvalue weighted by molar-refractivity contribution is -0.126. The highest BCUT2D eigenvalue weighted by Crippen LogP contribution is 2.33. The first-order valence-electron chi connectivity index (χ1n) is 7.89. The summed E-state index contributed by atoms with van der Waals surface area (Å²) in [5.74, 6) is 0.459. The fourth-order valence-electron chi connectivity index (χ4n) is 3.93. The van der Waals surface area contributed by atoms with Gasteiger partial charge < -0.3 is 15.8 Å². The van der Waals surface area contributed by atoms with E-state index in [-0.39, 0.29) is 5.91 Å². The number of nitrogens with zero attached hydrogens (tertiary/aromatic N) is 1. The number of amides is 1. The monoisotopic (exact) mass is 283 g/mol. The number of hydrogen-bond acceptors (Lipinski definition) is 4. The SMILES string of the molecule is CCNC1(C(N)=O)CCCC(N2CCC(COC)C2)C1. The maximum absolute atomic E-state index is 11.9. The molecule has 1 saturated carbocycles. The zero-order valence-electron chi connectivity index (χ0n) is 12.9. The van der Waals surface area contributed by atoms with Gasteiger partial charge in [-0.15, -0.1) is 0 Å². The Hall–Kier alpha value is -0.650. The number of likely N-dealkylation sites (N-methyl/N-ethyl adjacent to an activating group) is 1. The molecular weight excluding hydrogens is 254 g/mol. The van der Waals surface area contributed by atoms with Crippen molar-refractivity contribution in [1.82, 2.24) is 10.2 Å². The van der Waals surface area contributed by atoms with Gasteiger partial charge in [0.25, 0.3) is 0 Å². The van der Waals surface area contributed by atoms with Crippen molar-refractivity contribution in [2.45, 2.75) is 50.6 Å². The van der Waals surface area contributed by atoms with Crippen molar-refractivity contribution in [2.24, 2.45) is 11.7 Å². The van der Waals surface area contributed by atoms with Gasteiger partial charge in [-0.3, -0.25) is 9.69 Å². The minimum Gasteiger partial charge on any atom is -0.384 e. The molecule has 1 heterocycles. The normalized spacial score (nSPS) is 35.3. The number of carbonyl (C=O) groups is 1. The number of methoxy groups -OCH3 is 1. The largest absolute Gasteiger partial charge is 0.384 e. The van der Waals surface area contributed by atoms with Gasteiger partial charge in [0.15, 0.2) is 0 Å². The summed E-state index contributed by atoms with van der Waals surface area (Å²) in [6.45, 7) is 5.90. The maximum Gasteiger partial charge on any atom is 0.237 e. The molecule has 1 saturated heterocycles. The van der Waals surface area contributed by atoms with Crippen LogP contribution in [0.5, 0.6) is 0 Å². The standard InChI is InChI=1S/C15H29N3O2/c1-3-17-15(14(16)19)7-4-5-13(9-15)18-8-6-12(10-18)11-20-2/h12-13,17H,3-11H2,1-2H3,(H2,16,19). The number of ether oxygens (including phenoxy) is 1. The van der Waals surface area contributed by atoms with Gasteiger partial charge in [-0.1, -0.05) is 6.92 Å². The molecule has 0 aromatic heterocycles. The first kappa shape index (κ1) is 15.7. The summed E-state index contributed by atoms with van der Waals surface area (Å²) in [5.41, 5.74) is 5.20. The van der Waals surface area contributed by atoms with Crippen LogP contribution in [0, 0.1) is 5.92 Å². The van der Waals surface area contributed by atoms with Crippen LogP contribution in [0.15, 0.2) is 0 Å². The van der Waals surface area contributed by atoms with Crippen LogP contribution < -0.4 is 11.1 Å². The summed E-state index contributed by atoms with van der Waals surface area (Å²) in [6, 6.07) is 0.483. The Morgan fingerprint density at radius 3 is 2.95 bits per heavy atom. The molecule has 0 radical (unpaired) electrons. The highest BCUT2D eigenvalue weighted by atomic mass is 16.5. The average molecular weight is 283 g/mol. The molecule has 3 atom stereocenters. The second-order valence-electron chi connectivity index (χ2n) is 6.33. The molecule has 2 rings (SSSR count). The van der Waals surface area contributed by atoms with Gasteiger partial charge in [-0.25, -0.2) is 0 Å². The molecule has 5 nitrogen and oxygen atoms in total. The van der Waals surface area contributed by atoms with Crippen molar-refractivity contribution in [3.8, 4) is 0 Å². The van der Waals surface area contributed by atoms with E-state index in [1.807, 2.05) is 6.92 Å². The van der Waals surface area contributed by atoms with Crippen molar-refractivity contribution in [1.29, 1.82) is 0 Å². The van der Waals surface area contributed by atoms with E-state index in [1.54, 1.807) is 7.11 Å². The molecule has 2 aliphatic rings. The van der Waals surface area contributed by atoms with Gasteiger partial charge in [-0.05, 0) is 51.1 Å². The Balaban J connectivity index is 1.98. The second kappa shape index (κ2) is 6.87. The lowest BCUT2D eigenvalue weighted by Crippen LogP contribution is -2.60. The fourth-order valence-corrected chi connectivity index (χ4v) is 3.93. The van der Waals surface area contributed by atoms with Crippen molar-refractivity contribution < 1.29 is 9.53 Å². The Morgan fingerprint density at radius 2 is 2.30 bits per heavy atom. The summed E-state index contributed by atoms with van der Waals surface area (Å²) in [7, 11) is 1.77. The van der Waals surface area contributed by atoms with E-state index in [2.05, 4.69) is 10.2 Å². The highest BCUT2D eigenvalue weighted by Gasteiger charge is 2.43. The summed E-state index contributed by atoms with van der Waals surface area (Å²) < 4.78 is 5.27. The predicted octanol–water partition coefficient (Wildman–Crippen LogP) is 0.731. The lowest BCUT2D eigenvalue weighted by atomic mass is 9.77. The van der Waals surface area contributed by atoms with Crippen LogP contribution in [0.1, 0.15) is 39.0 Å². The minimum atomic E-state index is -0.489. The number of primary amides is 1. The smallest absolute Gasteiger partial charge is 0.237 e. The molecule has 0 aromatic carbocycles. The topological polar surface area (TPSA) is 67.6 Å². The molecule has 3 N–H and O–H groups in total. The van der Waals surface area contributed by atoms with Crippen LogP contribution in [0.2, 0.25) is 0 Å². The van der Waals surface area contributed by atoms with E-state index in [0.29, 0.717) is 12.0 Å². The van der Waals surface area contributed by atoms with Crippen LogP contribution in [-0.4, -0.2) is 55.7 Å². The zero-order valence-corrected chi connectivity index (χ0v) is 12.9. The van der Waals surface area contributed by atoms with Crippen LogP contribution in [0.3, 0.4) is 0 Å². The molecule has 1 amide bonds. The first-order valence-corrected chi connectivity index (χ1v) is 7.89. The number of hydrogen-bond donors (Lipinski definition) is 2. The molecule has 1 aliphatic heterocycles. The van der Waals surface area contributed by atoms with Crippen LogP contribution in [0.4, 0.5) is 0 Å². The van der Waals surface area contributed by atoms with Gasteiger partial charge >= 0.3 is 0 Å². The molecule has 2 fully saturated rings. The van der Waals surface area contributed by atoms with E-state index in [9.17, 15) is 4.79 Å². The Labute approximate surface area is 122 Å². The van der Waals surface area contributed by atoms with E-state index in [4.69, 9.17) is 10.5 Å². The quantitative estimate of drug-likeness (QED) is 0.754. The Morgan fingerprint density at radius 1 is 1.50 bits per heavy atom. The van der Waals surface area contributed by atoms with Crippen LogP contribution in [-0.2, 0) is 9.53 Å². The number of likely N-dealkylation sites (tertiary alicyclic amines) is 1. The van der Waals surface area contributed by atoms with E-state index >= 15 is 0 Å². The number of nitrogens with one attached hydrogen (secondary N) is 1. The van der Waals surface area contributed by atoms with Crippen molar-refractivity contribution in [3.63, 3.8) is 0 Å². The Bertz CT molecular complexity index is 333. The van der Waals surface area contributed by atoms with Gasteiger partial charge in [0.2, 0.25) is 5.91 Å². The van der Waals surface area contributed by atoms with Gasteiger partial charge in [-0.2, -0.15) is 0 Å². The number of nitrogens with two attached hydrogens (primary N) is 1. The van der Waals surface area contributed by atoms with Crippen molar-refractivity contribution >= 4 is 5.91 Å². The lowest BCUT2D eigenvalue weighted by Gasteiger charge is -2.42. The summed E-state index contributed by atoms with van der Waals surface area (Å²) >= 11 is 0. The summed E-state index contributed by atoms with van der Waals surface area (Å²) in [4.78, 5) is 14.5. The number of carbonyl (C=O) groups excluding carboxylic acids is 1. The molecular formula is C15H29N3O2. The molecule has 20 heavy (non-hydrogen) atoms. The predicted molar refractivity (Wildman–Crippen MR) is 79.4 cm³/mol. The zero-order chi connectivity index (χ0) is 14.6. The molecule has 0 spiro atoms.